The van der Waals surface area contributed by atoms with Crippen molar-refractivity contribution in [3.8, 4) is 0 Å². The lowest BCUT2D eigenvalue weighted by Crippen LogP contribution is -2.38. The van der Waals surface area contributed by atoms with Gasteiger partial charge in [0.2, 0.25) is 0 Å². The third-order valence-electron chi connectivity index (χ3n) is 3.87. The van der Waals surface area contributed by atoms with Gasteiger partial charge in [-0.05, 0) is 41.8 Å². The molecule has 0 bridgehead atoms. The van der Waals surface area contributed by atoms with Gasteiger partial charge in [-0.2, -0.15) is 0 Å². The molecular formula is C15H22BrN3O. The van der Waals surface area contributed by atoms with Gasteiger partial charge in [0.15, 0.2) is 0 Å². The fraction of sp³-hybridized carbons (Fsp3) is 0.600. The number of anilines is 1. The van der Waals surface area contributed by atoms with Gasteiger partial charge in [0.1, 0.15) is 5.82 Å². The predicted molar refractivity (Wildman–Crippen MR) is 85.1 cm³/mol. The van der Waals surface area contributed by atoms with Crippen LogP contribution in [0.3, 0.4) is 0 Å². The molecule has 1 aromatic heterocycles. The summed E-state index contributed by atoms with van der Waals surface area (Å²) in [7, 11) is 1.91. The molecule has 0 saturated heterocycles. The number of hydrogen-bond donors (Lipinski definition) is 1. The van der Waals surface area contributed by atoms with Crippen molar-refractivity contribution < 1.29 is 4.79 Å². The maximum absolute atomic E-state index is 12.7. The van der Waals surface area contributed by atoms with Gasteiger partial charge in [-0.3, -0.25) is 4.79 Å². The van der Waals surface area contributed by atoms with Crippen LogP contribution in [0.1, 0.15) is 49.4 Å². The molecule has 1 N–H and O–H groups in total. The van der Waals surface area contributed by atoms with E-state index in [-0.39, 0.29) is 5.91 Å². The smallest absolute Gasteiger partial charge is 0.257 e. The van der Waals surface area contributed by atoms with E-state index >= 15 is 0 Å². The topological polar surface area (TPSA) is 45.2 Å². The maximum Gasteiger partial charge on any atom is 0.257 e. The van der Waals surface area contributed by atoms with Crippen LogP contribution in [0.4, 0.5) is 5.82 Å². The van der Waals surface area contributed by atoms with Crippen LogP contribution in [0.15, 0.2) is 16.7 Å². The Kier molecular flexibility index (Phi) is 5.40. The van der Waals surface area contributed by atoms with E-state index in [2.05, 4.69) is 26.2 Å². The van der Waals surface area contributed by atoms with Crippen LogP contribution >= 0.6 is 15.9 Å². The summed E-state index contributed by atoms with van der Waals surface area (Å²) < 4.78 is 0.833. The van der Waals surface area contributed by atoms with Gasteiger partial charge in [0.25, 0.3) is 5.91 Å². The van der Waals surface area contributed by atoms with Crippen LogP contribution in [0.25, 0.3) is 0 Å². The molecule has 1 heterocycles. The number of nitrogens with one attached hydrogen (secondary N) is 1. The lowest BCUT2D eigenvalue weighted by atomic mass is 9.94. The van der Waals surface area contributed by atoms with Gasteiger partial charge in [-0.1, -0.05) is 19.3 Å². The molecule has 0 spiro atoms. The van der Waals surface area contributed by atoms with Crippen LogP contribution in [0.5, 0.6) is 0 Å². The maximum atomic E-state index is 12.7. The van der Waals surface area contributed by atoms with Gasteiger partial charge < -0.3 is 10.2 Å². The molecule has 5 heteroatoms. The monoisotopic (exact) mass is 339 g/mol. The van der Waals surface area contributed by atoms with E-state index in [9.17, 15) is 4.79 Å². The predicted octanol–water partition coefficient (Wildman–Crippen LogP) is 3.68. The van der Waals surface area contributed by atoms with Crippen LogP contribution < -0.4 is 5.32 Å². The summed E-state index contributed by atoms with van der Waals surface area (Å²) in [4.78, 5) is 18.9. The number of hydrogen-bond acceptors (Lipinski definition) is 3. The van der Waals surface area contributed by atoms with Gasteiger partial charge in [0.05, 0.1) is 5.56 Å². The normalized spacial score (nSPS) is 15.9. The number of halogens is 1. The number of nitrogens with zero attached hydrogens (tertiary/aromatic N) is 2. The molecule has 4 nitrogen and oxygen atoms in total. The van der Waals surface area contributed by atoms with E-state index in [0.29, 0.717) is 17.4 Å². The molecule has 1 aliphatic carbocycles. The molecule has 1 amide bonds. The summed E-state index contributed by atoms with van der Waals surface area (Å²) in [5.41, 5.74) is 0.647. The van der Waals surface area contributed by atoms with Crippen molar-refractivity contribution >= 4 is 27.7 Å². The summed E-state index contributed by atoms with van der Waals surface area (Å²) in [6, 6.07) is 2.22. The molecule has 0 aliphatic heterocycles. The molecule has 0 atom stereocenters. The van der Waals surface area contributed by atoms with Gasteiger partial charge in [-0.15, -0.1) is 0 Å². The van der Waals surface area contributed by atoms with Crippen molar-refractivity contribution in [2.24, 2.45) is 0 Å². The van der Waals surface area contributed by atoms with E-state index in [4.69, 9.17) is 0 Å². The van der Waals surface area contributed by atoms with E-state index in [1.165, 1.54) is 19.3 Å². The Balaban J connectivity index is 2.20. The highest BCUT2D eigenvalue weighted by Crippen LogP contribution is 2.25. The van der Waals surface area contributed by atoms with Crippen molar-refractivity contribution in [1.29, 1.82) is 0 Å². The second kappa shape index (κ2) is 7.07. The summed E-state index contributed by atoms with van der Waals surface area (Å²) >= 11 is 3.40. The van der Waals surface area contributed by atoms with Crippen molar-refractivity contribution in [3.05, 3.63) is 22.3 Å². The number of pyridine rings is 1. The molecule has 0 unspecified atom stereocenters. The highest BCUT2D eigenvalue weighted by molar-refractivity contribution is 9.10. The molecule has 110 valence electrons. The molecule has 1 aromatic rings. The van der Waals surface area contributed by atoms with E-state index in [0.717, 1.165) is 23.9 Å². The molecule has 1 saturated carbocycles. The number of carbonyl (C=O) groups excluding carboxylic acids is 1. The SMILES string of the molecule is CCNc1ncc(Br)cc1C(=O)N(C)C1CCCCC1. The summed E-state index contributed by atoms with van der Waals surface area (Å²) in [5.74, 6) is 0.727. The first-order chi connectivity index (χ1) is 9.63. The summed E-state index contributed by atoms with van der Waals surface area (Å²) in [6.07, 6.45) is 7.67. The Bertz CT molecular complexity index is 472. The Morgan fingerprint density at radius 3 is 2.80 bits per heavy atom. The minimum absolute atomic E-state index is 0.0571. The molecule has 0 radical (unpaired) electrons. The zero-order chi connectivity index (χ0) is 14.5. The lowest BCUT2D eigenvalue weighted by Gasteiger charge is -2.31. The Morgan fingerprint density at radius 1 is 1.45 bits per heavy atom. The largest absolute Gasteiger partial charge is 0.370 e. The van der Waals surface area contributed by atoms with Crippen molar-refractivity contribution in [2.75, 3.05) is 18.9 Å². The van der Waals surface area contributed by atoms with Crippen molar-refractivity contribution in [1.82, 2.24) is 9.88 Å². The standard InChI is InChI=1S/C15H22BrN3O/c1-3-17-14-13(9-11(16)10-18-14)15(20)19(2)12-7-5-4-6-8-12/h9-10,12H,3-8H2,1-2H3,(H,17,18). The van der Waals surface area contributed by atoms with Crippen molar-refractivity contribution in [3.63, 3.8) is 0 Å². The molecule has 1 fully saturated rings. The van der Waals surface area contributed by atoms with Gasteiger partial charge in [-0.25, -0.2) is 4.98 Å². The quantitative estimate of drug-likeness (QED) is 0.909. The molecule has 0 aromatic carbocycles. The molecule has 1 aliphatic rings. The lowest BCUT2D eigenvalue weighted by molar-refractivity contribution is 0.0697. The Morgan fingerprint density at radius 2 is 2.15 bits per heavy atom. The first-order valence-corrected chi connectivity index (χ1v) is 8.09. The van der Waals surface area contributed by atoms with Gasteiger partial charge in [0, 0.05) is 30.3 Å². The second-order valence-electron chi connectivity index (χ2n) is 5.29. The number of amides is 1. The zero-order valence-electron chi connectivity index (χ0n) is 12.2. The molecule has 20 heavy (non-hydrogen) atoms. The zero-order valence-corrected chi connectivity index (χ0v) is 13.7. The highest BCUT2D eigenvalue weighted by Gasteiger charge is 2.25. The van der Waals surface area contributed by atoms with Crippen LogP contribution in [-0.4, -0.2) is 35.4 Å². The third-order valence-corrected chi connectivity index (χ3v) is 4.31. The van der Waals surface area contributed by atoms with E-state index < -0.39 is 0 Å². The fourth-order valence-electron chi connectivity index (χ4n) is 2.73. The number of carbonyl (C=O) groups is 1. The van der Waals surface area contributed by atoms with Gasteiger partial charge >= 0.3 is 0 Å². The summed E-state index contributed by atoms with van der Waals surface area (Å²) in [5, 5.41) is 3.16. The first-order valence-electron chi connectivity index (χ1n) is 7.30. The second-order valence-corrected chi connectivity index (χ2v) is 6.20. The Hall–Kier alpha value is -1.10. The number of aromatic nitrogens is 1. The third kappa shape index (κ3) is 3.51. The average molecular weight is 340 g/mol. The molecular weight excluding hydrogens is 318 g/mol. The minimum atomic E-state index is 0.0571. The highest BCUT2D eigenvalue weighted by atomic mass is 79.9. The summed E-state index contributed by atoms with van der Waals surface area (Å²) in [6.45, 7) is 2.75. The Labute approximate surface area is 129 Å². The minimum Gasteiger partial charge on any atom is -0.370 e. The fourth-order valence-corrected chi connectivity index (χ4v) is 3.07. The van der Waals surface area contributed by atoms with Crippen LogP contribution in [-0.2, 0) is 0 Å². The van der Waals surface area contributed by atoms with E-state index in [1.54, 1.807) is 6.20 Å². The molecule has 2 rings (SSSR count). The number of rotatable bonds is 4. The van der Waals surface area contributed by atoms with E-state index in [1.807, 2.05) is 24.9 Å². The first kappa shape index (κ1) is 15.3. The average Bonchev–Trinajstić information content (AvgIpc) is 2.48. The van der Waals surface area contributed by atoms with Crippen LogP contribution in [0.2, 0.25) is 0 Å². The van der Waals surface area contributed by atoms with Crippen molar-refractivity contribution in [2.45, 2.75) is 45.1 Å². The van der Waals surface area contributed by atoms with Crippen LogP contribution in [0, 0.1) is 0 Å².